The minimum atomic E-state index is -2.48. The lowest BCUT2D eigenvalue weighted by Gasteiger charge is -2.51. The Balaban J connectivity index is 2.61. The van der Waals surface area contributed by atoms with Crippen molar-refractivity contribution in [3.05, 3.63) is 0 Å². The molecule has 6 atom stereocenters. The second kappa shape index (κ2) is 12.9. The molecule has 0 aromatic carbocycles. The smallest absolute Gasteiger partial charge is 0.366 e. The van der Waals surface area contributed by atoms with Gasteiger partial charge in [-0.2, -0.15) is 0 Å². The van der Waals surface area contributed by atoms with Gasteiger partial charge < -0.3 is 39.4 Å². The lowest BCUT2D eigenvalue weighted by molar-refractivity contribution is -0.293. The number of nitrogens with zero attached hydrogens (tertiary/aromatic N) is 1. The van der Waals surface area contributed by atoms with Crippen LogP contribution >= 0.6 is 0 Å². The van der Waals surface area contributed by atoms with Crippen LogP contribution in [0.1, 0.15) is 34.1 Å². The first-order valence-corrected chi connectivity index (χ1v) is 11.6. The highest BCUT2D eigenvalue weighted by atomic mass is 16.7. The number of hydrogen-bond donors (Lipinski definition) is 3. The molecule has 3 N–H and O–H groups in total. The predicted molar refractivity (Wildman–Crippen MR) is 120 cm³/mol. The van der Waals surface area contributed by atoms with Crippen molar-refractivity contribution in [3.8, 4) is 0 Å². The standard InChI is InChI=1S/C22H35N3O11/c1-12(26)24-18-16(25-8-6-23-7-9-25)10-22(31,21(30)32-5)36-20(18)19(35-15(4)29)17(34-14(3)28)11-33-13(2)27/h16-20,23,31H,6-11H2,1-5H3,(H,24,26)/t16-,17+,18+,19+,20+,22-/m0/s1. The maximum absolute atomic E-state index is 12.6. The molecule has 0 bridgehead atoms. The van der Waals surface area contributed by atoms with Crippen LogP contribution in [0.15, 0.2) is 0 Å². The molecule has 0 aromatic heterocycles. The number of nitrogens with one attached hydrogen (secondary N) is 2. The summed E-state index contributed by atoms with van der Waals surface area (Å²) in [6.07, 6.45) is -4.57. The summed E-state index contributed by atoms with van der Waals surface area (Å²) in [5.41, 5.74) is 0. The van der Waals surface area contributed by atoms with Crippen LogP contribution in [-0.2, 0) is 47.7 Å². The summed E-state index contributed by atoms with van der Waals surface area (Å²) in [7, 11) is 1.07. The Kier molecular flexibility index (Phi) is 10.6. The quantitative estimate of drug-likeness (QED) is 0.223. The van der Waals surface area contributed by atoms with E-state index in [2.05, 4.69) is 10.6 Å². The number of hydrogen-bond acceptors (Lipinski definition) is 13. The summed E-state index contributed by atoms with van der Waals surface area (Å²) in [6, 6.07) is -1.62. The second-order valence-corrected chi connectivity index (χ2v) is 8.67. The molecule has 2 aliphatic heterocycles. The summed E-state index contributed by atoms with van der Waals surface area (Å²) in [5.74, 6) is -6.32. The van der Waals surface area contributed by atoms with E-state index in [-0.39, 0.29) is 6.42 Å². The van der Waals surface area contributed by atoms with Gasteiger partial charge in [-0.05, 0) is 0 Å². The van der Waals surface area contributed by atoms with Crippen molar-refractivity contribution in [1.29, 1.82) is 0 Å². The van der Waals surface area contributed by atoms with Gasteiger partial charge in [-0.15, -0.1) is 0 Å². The summed E-state index contributed by atoms with van der Waals surface area (Å²) < 4.78 is 26.3. The van der Waals surface area contributed by atoms with Crippen molar-refractivity contribution >= 4 is 29.8 Å². The van der Waals surface area contributed by atoms with Crippen molar-refractivity contribution in [2.45, 2.75) is 70.3 Å². The highest BCUT2D eigenvalue weighted by Gasteiger charge is 2.57. The number of esters is 4. The van der Waals surface area contributed by atoms with Crippen LogP contribution in [0.25, 0.3) is 0 Å². The zero-order valence-corrected chi connectivity index (χ0v) is 21.1. The maximum Gasteiger partial charge on any atom is 0.366 e. The fraction of sp³-hybridized carbons (Fsp3) is 0.773. The Morgan fingerprint density at radius 3 is 2.17 bits per heavy atom. The molecule has 2 aliphatic rings. The SMILES string of the molecule is COC(=O)[C@]1(O)C[C@H](N2CCNCC2)[C@@H](NC(C)=O)[C@H]([C@H](OC(C)=O)[C@@H](COC(C)=O)OC(C)=O)O1. The Labute approximate surface area is 208 Å². The van der Waals surface area contributed by atoms with Gasteiger partial charge in [0.05, 0.1) is 13.2 Å². The molecule has 2 saturated heterocycles. The number of aliphatic hydroxyl groups is 1. The number of amides is 1. The Morgan fingerprint density at radius 1 is 1.06 bits per heavy atom. The Morgan fingerprint density at radius 2 is 1.67 bits per heavy atom. The van der Waals surface area contributed by atoms with Crippen LogP contribution in [-0.4, -0.2) is 116 Å². The first kappa shape index (κ1) is 29.4. The number of carbonyl (C=O) groups excluding carboxylic acids is 5. The fourth-order valence-corrected chi connectivity index (χ4v) is 4.48. The van der Waals surface area contributed by atoms with Gasteiger partial charge in [0.25, 0.3) is 5.79 Å². The van der Waals surface area contributed by atoms with E-state index in [9.17, 15) is 29.1 Å². The zero-order chi connectivity index (χ0) is 27.0. The van der Waals surface area contributed by atoms with Gasteiger partial charge in [-0.25, -0.2) is 4.79 Å². The first-order chi connectivity index (χ1) is 16.9. The zero-order valence-electron chi connectivity index (χ0n) is 21.1. The van der Waals surface area contributed by atoms with E-state index in [0.29, 0.717) is 26.2 Å². The fourth-order valence-electron chi connectivity index (χ4n) is 4.48. The van der Waals surface area contributed by atoms with Crippen LogP contribution in [0, 0.1) is 0 Å². The van der Waals surface area contributed by atoms with Gasteiger partial charge >= 0.3 is 23.9 Å². The lowest BCUT2D eigenvalue weighted by atomic mass is 9.85. The van der Waals surface area contributed by atoms with E-state index in [4.69, 9.17) is 23.7 Å². The van der Waals surface area contributed by atoms with E-state index in [1.165, 1.54) is 6.92 Å². The molecule has 2 heterocycles. The maximum atomic E-state index is 12.6. The van der Waals surface area contributed by atoms with Crippen molar-refractivity contribution in [3.63, 3.8) is 0 Å². The van der Waals surface area contributed by atoms with Gasteiger partial charge in [-0.1, -0.05) is 0 Å². The molecular formula is C22H35N3O11. The van der Waals surface area contributed by atoms with Crippen LogP contribution in [0.2, 0.25) is 0 Å². The monoisotopic (exact) mass is 517 g/mol. The van der Waals surface area contributed by atoms with Crippen LogP contribution in [0.3, 0.4) is 0 Å². The molecular weight excluding hydrogens is 482 g/mol. The first-order valence-electron chi connectivity index (χ1n) is 11.6. The van der Waals surface area contributed by atoms with E-state index >= 15 is 0 Å². The molecule has 0 saturated carbocycles. The molecule has 36 heavy (non-hydrogen) atoms. The normalized spacial score (nSPS) is 28.2. The molecule has 14 heteroatoms. The molecule has 0 spiro atoms. The van der Waals surface area contributed by atoms with E-state index in [1.807, 2.05) is 4.90 Å². The molecule has 0 aliphatic carbocycles. The number of piperazine rings is 1. The third-order valence-electron chi connectivity index (χ3n) is 5.84. The average Bonchev–Trinajstić information content (AvgIpc) is 2.80. The lowest BCUT2D eigenvalue weighted by Crippen LogP contribution is -2.72. The van der Waals surface area contributed by atoms with Gasteiger partial charge in [-0.3, -0.25) is 24.1 Å². The van der Waals surface area contributed by atoms with Crippen molar-refractivity contribution in [2.75, 3.05) is 39.9 Å². The molecule has 1 amide bonds. The Hall–Kier alpha value is -2.81. The Bertz CT molecular complexity index is 832. The minimum Gasteiger partial charge on any atom is -0.465 e. The number of carbonyl (C=O) groups is 5. The molecule has 0 radical (unpaired) electrons. The molecule has 2 rings (SSSR count). The summed E-state index contributed by atoms with van der Waals surface area (Å²) in [4.78, 5) is 62.3. The van der Waals surface area contributed by atoms with Gasteiger partial charge in [0.15, 0.2) is 12.2 Å². The van der Waals surface area contributed by atoms with Gasteiger partial charge in [0, 0.05) is 66.3 Å². The second-order valence-electron chi connectivity index (χ2n) is 8.67. The molecule has 204 valence electrons. The van der Waals surface area contributed by atoms with Gasteiger partial charge in [0.1, 0.15) is 12.7 Å². The molecule has 0 unspecified atom stereocenters. The highest BCUT2D eigenvalue weighted by molar-refractivity contribution is 5.78. The highest BCUT2D eigenvalue weighted by Crippen LogP contribution is 2.35. The topological polar surface area (TPSA) is 179 Å². The third kappa shape index (κ3) is 7.85. The van der Waals surface area contributed by atoms with Crippen molar-refractivity contribution in [1.82, 2.24) is 15.5 Å². The van der Waals surface area contributed by atoms with Crippen LogP contribution < -0.4 is 10.6 Å². The summed E-state index contributed by atoms with van der Waals surface area (Å²) in [5, 5.41) is 17.2. The summed E-state index contributed by atoms with van der Waals surface area (Å²) in [6.45, 7) is 6.35. The molecule has 14 nitrogen and oxygen atoms in total. The van der Waals surface area contributed by atoms with Gasteiger partial charge in [0.2, 0.25) is 5.91 Å². The number of ether oxygens (including phenoxy) is 5. The van der Waals surface area contributed by atoms with Crippen molar-refractivity contribution < 1.29 is 52.8 Å². The number of methoxy groups -OCH3 is 1. The van der Waals surface area contributed by atoms with E-state index in [0.717, 1.165) is 27.9 Å². The molecule has 2 fully saturated rings. The average molecular weight is 518 g/mol. The van der Waals surface area contributed by atoms with E-state index in [1.54, 1.807) is 0 Å². The third-order valence-corrected chi connectivity index (χ3v) is 5.84. The van der Waals surface area contributed by atoms with Crippen LogP contribution in [0.5, 0.6) is 0 Å². The van der Waals surface area contributed by atoms with E-state index < -0.39 is 72.6 Å². The van der Waals surface area contributed by atoms with Crippen LogP contribution in [0.4, 0.5) is 0 Å². The van der Waals surface area contributed by atoms with Crippen molar-refractivity contribution in [2.24, 2.45) is 0 Å². The number of rotatable bonds is 9. The molecule has 0 aromatic rings. The minimum absolute atomic E-state index is 0.268. The largest absolute Gasteiger partial charge is 0.465 e. The summed E-state index contributed by atoms with van der Waals surface area (Å²) >= 11 is 0. The predicted octanol–water partition coefficient (Wildman–Crippen LogP) is -2.16.